The number of hydrogen-bond acceptors (Lipinski definition) is 11. The monoisotopic (exact) mass is 904 g/mol. The summed E-state index contributed by atoms with van der Waals surface area (Å²) < 4.78 is 47.6. The lowest BCUT2D eigenvalue weighted by molar-refractivity contribution is -0.161. The molecule has 0 saturated heterocycles. The fraction of sp³-hybridized carbons (Fsp3) is 0.689. The minimum atomic E-state index is -4.89. The molecule has 0 amide bonds. The van der Waals surface area contributed by atoms with Crippen LogP contribution in [0.5, 0.6) is 0 Å². The van der Waals surface area contributed by atoms with Gasteiger partial charge >= 0.3 is 27.6 Å². The van der Waals surface area contributed by atoms with Gasteiger partial charge in [-0.1, -0.05) is 164 Å². The van der Waals surface area contributed by atoms with Gasteiger partial charge in [-0.3, -0.25) is 23.2 Å². The standard InChI is InChI=1S/C45H78O14P2/c1-4-5-6-7-8-9-10-11-12-13-14-17-20-23-26-29-32-41(46)34-35-44(48)55-38-43(39-58-61(53,54)57-37-42(47)36-56-60(50,51)52)59-45(49)33-30-27-24-21-18-15-16-19-22-25-28-31-40(2)3/h5-6,8-9,11-12,14,17,23,26,29,32,40-43,46-47H,4,7,10,13,15-16,18-22,24-25,27-28,30-31,33-39H2,1-3H3,(H,53,54)(H2,50,51,52)/b6-5-,9-8-,12-11-,17-14-,26-23-,32-29-/t41?,42-,43+/m0/s1. The van der Waals surface area contributed by atoms with Gasteiger partial charge in [0.1, 0.15) is 12.7 Å². The topological polar surface area (TPSA) is 216 Å². The van der Waals surface area contributed by atoms with E-state index in [1.54, 1.807) is 18.2 Å². The first-order chi connectivity index (χ1) is 29.1. The zero-order chi connectivity index (χ0) is 45.5. The number of hydrogen-bond donors (Lipinski definition) is 5. The molecule has 16 heteroatoms. The van der Waals surface area contributed by atoms with Crippen LogP contribution in [0.1, 0.15) is 149 Å². The van der Waals surface area contributed by atoms with E-state index in [2.05, 4.69) is 72.4 Å². The minimum Gasteiger partial charge on any atom is -0.462 e. The first kappa shape index (κ1) is 58.5. The highest BCUT2D eigenvalue weighted by atomic mass is 31.2. The van der Waals surface area contributed by atoms with Crippen LogP contribution < -0.4 is 0 Å². The third-order valence-electron chi connectivity index (χ3n) is 8.90. The summed E-state index contributed by atoms with van der Waals surface area (Å²) in [4.78, 5) is 52.7. The summed E-state index contributed by atoms with van der Waals surface area (Å²) in [6.45, 7) is 3.66. The van der Waals surface area contributed by atoms with Gasteiger partial charge in [0.05, 0.1) is 25.9 Å². The second kappa shape index (κ2) is 39.1. The molecule has 0 spiro atoms. The van der Waals surface area contributed by atoms with Crippen LogP contribution in [0.3, 0.4) is 0 Å². The van der Waals surface area contributed by atoms with Crippen molar-refractivity contribution in [2.45, 2.75) is 167 Å². The number of unbranched alkanes of at least 4 members (excludes halogenated alkanes) is 10. The van der Waals surface area contributed by atoms with E-state index in [4.69, 9.17) is 23.8 Å². The highest BCUT2D eigenvalue weighted by molar-refractivity contribution is 7.47. The van der Waals surface area contributed by atoms with E-state index < -0.39 is 72.3 Å². The number of rotatable bonds is 40. The van der Waals surface area contributed by atoms with Crippen LogP contribution >= 0.6 is 15.6 Å². The second-order valence-electron chi connectivity index (χ2n) is 15.3. The lowest BCUT2D eigenvalue weighted by Crippen LogP contribution is -2.30. The Morgan fingerprint density at radius 3 is 1.59 bits per heavy atom. The number of esters is 2. The fourth-order valence-corrected chi connectivity index (χ4v) is 6.68. The van der Waals surface area contributed by atoms with Crippen molar-refractivity contribution >= 4 is 27.6 Å². The average molecular weight is 905 g/mol. The first-order valence-corrected chi connectivity index (χ1v) is 25.1. The molecular weight excluding hydrogens is 826 g/mol. The zero-order valence-corrected chi connectivity index (χ0v) is 38.8. The number of phosphoric acid groups is 2. The summed E-state index contributed by atoms with van der Waals surface area (Å²) in [5, 5.41) is 20.0. The van der Waals surface area contributed by atoms with Crippen LogP contribution in [0.25, 0.3) is 0 Å². The summed E-state index contributed by atoms with van der Waals surface area (Å²) in [5.41, 5.74) is 0. The molecule has 0 aliphatic carbocycles. The molecule has 0 radical (unpaired) electrons. The van der Waals surface area contributed by atoms with Gasteiger partial charge in [0.2, 0.25) is 0 Å². The number of carbonyl (C=O) groups excluding carboxylic acids is 2. The van der Waals surface area contributed by atoms with Crippen molar-refractivity contribution in [1.82, 2.24) is 0 Å². The van der Waals surface area contributed by atoms with Crippen molar-refractivity contribution in [3.63, 3.8) is 0 Å². The molecule has 0 aliphatic rings. The zero-order valence-electron chi connectivity index (χ0n) is 37.0. The predicted octanol–water partition coefficient (Wildman–Crippen LogP) is 10.2. The molecule has 14 nitrogen and oxygen atoms in total. The lowest BCUT2D eigenvalue weighted by atomic mass is 10.0. The van der Waals surface area contributed by atoms with Crippen molar-refractivity contribution in [3.8, 4) is 0 Å². The van der Waals surface area contributed by atoms with E-state index in [9.17, 15) is 33.8 Å². The molecule has 0 fully saturated rings. The molecule has 0 heterocycles. The van der Waals surface area contributed by atoms with Gasteiger partial charge in [-0.2, -0.15) is 0 Å². The van der Waals surface area contributed by atoms with Crippen molar-refractivity contribution in [1.29, 1.82) is 0 Å². The number of aliphatic hydroxyl groups is 2. The summed E-state index contributed by atoms with van der Waals surface area (Å²) in [6, 6.07) is 0. The number of phosphoric ester groups is 2. The molecule has 4 atom stereocenters. The average Bonchev–Trinajstić information content (AvgIpc) is 3.20. The van der Waals surface area contributed by atoms with E-state index in [0.29, 0.717) is 6.42 Å². The molecular formula is C45H78O14P2. The summed E-state index contributed by atoms with van der Waals surface area (Å²) in [7, 11) is -9.75. The third-order valence-corrected chi connectivity index (χ3v) is 10.3. The molecule has 0 rings (SSSR count). The van der Waals surface area contributed by atoms with Crippen LogP contribution in [0.2, 0.25) is 0 Å². The van der Waals surface area contributed by atoms with E-state index >= 15 is 0 Å². The Balaban J connectivity index is 4.73. The molecule has 5 N–H and O–H groups in total. The maximum atomic E-state index is 12.7. The maximum Gasteiger partial charge on any atom is 0.472 e. The maximum absolute atomic E-state index is 12.7. The Hall–Kier alpha value is -2.48. The van der Waals surface area contributed by atoms with Crippen molar-refractivity contribution < 1.29 is 66.7 Å². The molecule has 2 unspecified atom stereocenters. The Labute approximate surface area is 366 Å². The fourth-order valence-electron chi connectivity index (χ4n) is 5.52. The summed E-state index contributed by atoms with van der Waals surface area (Å²) in [5.74, 6) is -0.550. The Kier molecular flexibility index (Phi) is 37.5. The van der Waals surface area contributed by atoms with Crippen LogP contribution in [-0.2, 0) is 41.8 Å². The molecule has 0 aromatic heterocycles. The van der Waals surface area contributed by atoms with Gasteiger partial charge in [0, 0.05) is 12.8 Å². The molecule has 0 saturated carbocycles. The van der Waals surface area contributed by atoms with E-state index in [1.807, 2.05) is 12.2 Å². The van der Waals surface area contributed by atoms with Crippen LogP contribution in [0.4, 0.5) is 0 Å². The van der Waals surface area contributed by atoms with Gasteiger partial charge in [0.25, 0.3) is 0 Å². The smallest absolute Gasteiger partial charge is 0.462 e. The summed E-state index contributed by atoms with van der Waals surface area (Å²) in [6.07, 6.45) is 38.1. The van der Waals surface area contributed by atoms with Crippen molar-refractivity contribution in [2.75, 3.05) is 26.4 Å². The van der Waals surface area contributed by atoms with E-state index in [0.717, 1.165) is 63.7 Å². The highest BCUT2D eigenvalue weighted by Gasteiger charge is 2.28. The number of aliphatic hydroxyl groups excluding tert-OH is 2. The largest absolute Gasteiger partial charge is 0.472 e. The van der Waals surface area contributed by atoms with E-state index in [-0.39, 0.29) is 19.3 Å². The Morgan fingerprint density at radius 2 is 1.05 bits per heavy atom. The molecule has 0 aromatic rings. The van der Waals surface area contributed by atoms with Crippen LogP contribution in [0, 0.1) is 5.92 Å². The van der Waals surface area contributed by atoms with Crippen LogP contribution in [0.15, 0.2) is 72.9 Å². The van der Waals surface area contributed by atoms with Crippen LogP contribution in [-0.4, -0.2) is 81.6 Å². The van der Waals surface area contributed by atoms with Gasteiger partial charge in [0.15, 0.2) is 6.10 Å². The second-order valence-corrected chi connectivity index (χ2v) is 18.0. The summed E-state index contributed by atoms with van der Waals surface area (Å²) >= 11 is 0. The minimum absolute atomic E-state index is 0.0627. The molecule has 61 heavy (non-hydrogen) atoms. The van der Waals surface area contributed by atoms with E-state index in [1.165, 1.54) is 44.9 Å². The van der Waals surface area contributed by atoms with Gasteiger partial charge in [-0.15, -0.1) is 0 Å². The van der Waals surface area contributed by atoms with Gasteiger partial charge < -0.3 is 34.4 Å². The van der Waals surface area contributed by atoms with Crippen molar-refractivity contribution in [2.24, 2.45) is 5.92 Å². The normalized spacial score (nSPS) is 15.3. The Bertz CT molecular complexity index is 1380. The molecule has 352 valence electrons. The number of allylic oxidation sites excluding steroid dienone is 11. The quantitative estimate of drug-likeness (QED) is 0.0127. The predicted molar refractivity (Wildman–Crippen MR) is 240 cm³/mol. The number of ether oxygens (including phenoxy) is 2. The molecule has 0 aliphatic heterocycles. The van der Waals surface area contributed by atoms with Crippen molar-refractivity contribution in [3.05, 3.63) is 72.9 Å². The lowest BCUT2D eigenvalue weighted by Gasteiger charge is -2.20. The van der Waals surface area contributed by atoms with Gasteiger partial charge in [-0.05, 0) is 50.9 Å². The molecule has 0 bridgehead atoms. The highest BCUT2D eigenvalue weighted by Crippen LogP contribution is 2.43. The Morgan fingerprint density at radius 1 is 0.557 bits per heavy atom. The number of carbonyl (C=O) groups is 2. The third kappa shape index (κ3) is 43.9. The van der Waals surface area contributed by atoms with Gasteiger partial charge in [-0.25, -0.2) is 9.13 Å². The molecule has 0 aromatic carbocycles. The SMILES string of the molecule is CC/C=C\C/C=C\C/C=C\C/C=C\C/C=C\C=C/C(O)CCC(=O)OC[C@H](COP(=O)(O)OC[C@@H](O)COP(=O)(O)O)OC(=O)CCCCCCCCCCCCCC(C)C. The first-order valence-electron chi connectivity index (χ1n) is 22.1.